The molecular weight excluding hydrogens is 486 g/mol. The van der Waals surface area contributed by atoms with Crippen molar-refractivity contribution >= 4 is 32.3 Å². The number of hydrogen-bond acceptors (Lipinski definition) is 3. The molecule has 0 atom stereocenters. The second-order valence-corrected chi connectivity index (χ2v) is 10.1. The first-order chi connectivity index (χ1) is 19.8. The van der Waals surface area contributed by atoms with E-state index in [1.165, 1.54) is 49.0 Å². The minimum atomic E-state index is 0.946. The van der Waals surface area contributed by atoms with Crippen molar-refractivity contribution in [2.45, 2.75) is 0 Å². The zero-order valence-electron chi connectivity index (χ0n) is 21.6. The van der Waals surface area contributed by atoms with E-state index in [9.17, 15) is 0 Å². The fraction of sp³-hybridized carbons (Fsp3) is 0. The Bertz CT molecular complexity index is 2080. The van der Waals surface area contributed by atoms with Crippen molar-refractivity contribution in [3.63, 3.8) is 0 Å². The molecule has 0 N–H and O–H groups in total. The highest BCUT2D eigenvalue weighted by Gasteiger charge is 2.16. The fourth-order valence-electron chi connectivity index (χ4n) is 5.98. The van der Waals surface area contributed by atoms with E-state index in [1.807, 2.05) is 49.1 Å². The van der Waals surface area contributed by atoms with Gasteiger partial charge in [0.25, 0.3) is 0 Å². The summed E-state index contributed by atoms with van der Waals surface area (Å²) in [5.41, 5.74) is 8.79. The van der Waals surface area contributed by atoms with E-state index in [-0.39, 0.29) is 0 Å². The second-order valence-electron chi connectivity index (χ2n) is 10.1. The van der Waals surface area contributed by atoms with E-state index < -0.39 is 0 Å². The van der Waals surface area contributed by atoms with Gasteiger partial charge in [-0.3, -0.25) is 15.0 Å². The van der Waals surface area contributed by atoms with Gasteiger partial charge in [0.1, 0.15) is 0 Å². The van der Waals surface area contributed by atoms with Crippen LogP contribution in [0.4, 0.5) is 0 Å². The molecule has 3 heterocycles. The Morgan fingerprint density at radius 1 is 0.375 bits per heavy atom. The molecule has 40 heavy (non-hydrogen) atoms. The monoisotopic (exact) mass is 509 g/mol. The van der Waals surface area contributed by atoms with E-state index in [4.69, 9.17) is 0 Å². The Kier molecular flexibility index (Phi) is 5.14. The quantitative estimate of drug-likeness (QED) is 0.222. The number of nitrogens with zero attached hydrogens (tertiary/aromatic N) is 3. The first-order valence-electron chi connectivity index (χ1n) is 13.4. The van der Waals surface area contributed by atoms with Crippen molar-refractivity contribution in [1.82, 2.24) is 15.0 Å². The third-order valence-corrected chi connectivity index (χ3v) is 7.82. The van der Waals surface area contributed by atoms with Crippen LogP contribution in [0.3, 0.4) is 0 Å². The molecule has 0 radical (unpaired) electrons. The Morgan fingerprint density at radius 3 is 1.40 bits per heavy atom. The molecular formula is C37H23N3. The SMILES string of the molecule is c1ccc(-c2cc(-c3ccccn3)cc(-c3ccc4ccc5c(-c6ccncc6)ccc6ccc3c4c65)c2)nc1. The summed E-state index contributed by atoms with van der Waals surface area (Å²) < 4.78 is 0. The van der Waals surface area contributed by atoms with Crippen LogP contribution >= 0.6 is 0 Å². The van der Waals surface area contributed by atoms with Gasteiger partial charge in [0.15, 0.2) is 0 Å². The van der Waals surface area contributed by atoms with Crippen LogP contribution in [0.1, 0.15) is 0 Å². The number of hydrogen-bond donors (Lipinski definition) is 0. The molecule has 0 fully saturated rings. The number of pyridine rings is 3. The van der Waals surface area contributed by atoms with Gasteiger partial charge >= 0.3 is 0 Å². The standard InChI is InChI=1S/C37H23N3/c1-3-17-39-34(5-1)28-21-27(22-29(23-28)35-6-2-4-18-40-35)31-12-8-26-9-13-32-30(24-15-19-38-20-16-24)11-7-25-10-14-33(31)37(26)36(25)32/h1-23H. The summed E-state index contributed by atoms with van der Waals surface area (Å²) in [7, 11) is 0. The Morgan fingerprint density at radius 2 is 0.875 bits per heavy atom. The lowest BCUT2D eigenvalue weighted by Gasteiger charge is -2.17. The van der Waals surface area contributed by atoms with Crippen LogP contribution in [0.25, 0.3) is 77.1 Å². The molecule has 0 saturated carbocycles. The van der Waals surface area contributed by atoms with Crippen molar-refractivity contribution in [2.24, 2.45) is 0 Å². The normalized spacial score (nSPS) is 11.5. The maximum absolute atomic E-state index is 4.66. The fourth-order valence-corrected chi connectivity index (χ4v) is 5.98. The average Bonchev–Trinajstić information content (AvgIpc) is 3.04. The lowest BCUT2D eigenvalue weighted by Crippen LogP contribution is -1.92. The molecule has 0 spiro atoms. The second kappa shape index (κ2) is 9.11. The van der Waals surface area contributed by atoms with Gasteiger partial charge in [-0.15, -0.1) is 0 Å². The summed E-state index contributed by atoms with van der Waals surface area (Å²) in [5.74, 6) is 0. The zero-order valence-corrected chi connectivity index (χ0v) is 21.6. The van der Waals surface area contributed by atoms with Crippen LogP contribution in [-0.4, -0.2) is 15.0 Å². The van der Waals surface area contributed by atoms with Gasteiger partial charge in [0.2, 0.25) is 0 Å². The van der Waals surface area contributed by atoms with E-state index in [1.54, 1.807) is 0 Å². The minimum absolute atomic E-state index is 0.946. The molecule has 0 saturated heterocycles. The third kappa shape index (κ3) is 3.63. The van der Waals surface area contributed by atoms with Gasteiger partial charge in [0.05, 0.1) is 11.4 Å². The topological polar surface area (TPSA) is 38.7 Å². The Labute approximate surface area is 231 Å². The minimum Gasteiger partial charge on any atom is -0.265 e. The molecule has 0 aliphatic heterocycles. The first kappa shape index (κ1) is 22.6. The molecule has 0 aliphatic carbocycles. The van der Waals surface area contributed by atoms with Crippen molar-refractivity contribution in [3.05, 3.63) is 140 Å². The van der Waals surface area contributed by atoms with Crippen LogP contribution < -0.4 is 0 Å². The van der Waals surface area contributed by atoms with Gasteiger partial charge in [-0.05, 0) is 109 Å². The summed E-state index contributed by atoms with van der Waals surface area (Å²) in [6.07, 6.45) is 7.41. The number of aromatic nitrogens is 3. The predicted octanol–water partition coefficient (Wildman–Crippen LogP) is 9.44. The van der Waals surface area contributed by atoms with Gasteiger partial charge in [-0.1, -0.05) is 60.7 Å². The third-order valence-electron chi connectivity index (χ3n) is 7.82. The van der Waals surface area contributed by atoms with Gasteiger partial charge < -0.3 is 0 Å². The molecule has 186 valence electrons. The van der Waals surface area contributed by atoms with Gasteiger partial charge in [0, 0.05) is 35.9 Å². The van der Waals surface area contributed by atoms with E-state index in [2.05, 4.69) is 106 Å². The molecule has 3 heteroatoms. The number of benzene rings is 5. The molecule has 3 aromatic heterocycles. The molecule has 0 aliphatic rings. The zero-order chi connectivity index (χ0) is 26.5. The molecule has 0 amide bonds. The van der Waals surface area contributed by atoms with Crippen LogP contribution in [0.2, 0.25) is 0 Å². The van der Waals surface area contributed by atoms with Crippen LogP contribution in [0.15, 0.2) is 140 Å². The van der Waals surface area contributed by atoms with Crippen LogP contribution in [0, 0.1) is 0 Å². The molecule has 3 nitrogen and oxygen atoms in total. The summed E-state index contributed by atoms with van der Waals surface area (Å²) >= 11 is 0. The van der Waals surface area contributed by atoms with Crippen LogP contribution in [-0.2, 0) is 0 Å². The average molecular weight is 510 g/mol. The molecule has 0 bridgehead atoms. The summed E-state index contributed by atoms with van der Waals surface area (Å²) in [5, 5.41) is 7.60. The molecule has 8 rings (SSSR count). The maximum Gasteiger partial charge on any atom is 0.0702 e. The van der Waals surface area contributed by atoms with Crippen LogP contribution in [0.5, 0.6) is 0 Å². The molecule has 0 unspecified atom stereocenters. The van der Waals surface area contributed by atoms with Crippen molar-refractivity contribution in [2.75, 3.05) is 0 Å². The van der Waals surface area contributed by atoms with E-state index in [0.717, 1.165) is 28.1 Å². The maximum atomic E-state index is 4.66. The largest absolute Gasteiger partial charge is 0.265 e. The van der Waals surface area contributed by atoms with Gasteiger partial charge in [-0.25, -0.2) is 0 Å². The Hall–Kier alpha value is -5.41. The number of rotatable bonds is 4. The highest BCUT2D eigenvalue weighted by Crippen LogP contribution is 2.43. The summed E-state index contributed by atoms with van der Waals surface area (Å²) in [6, 6.07) is 41.0. The Balaban J connectivity index is 1.41. The lowest BCUT2D eigenvalue weighted by atomic mass is 9.86. The molecule has 5 aromatic carbocycles. The van der Waals surface area contributed by atoms with Crippen molar-refractivity contribution in [1.29, 1.82) is 0 Å². The van der Waals surface area contributed by atoms with Gasteiger partial charge in [-0.2, -0.15) is 0 Å². The lowest BCUT2D eigenvalue weighted by molar-refractivity contribution is 1.31. The highest BCUT2D eigenvalue weighted by molar-refractivity contribution is 6.27. The highest BCUT2D eigenvalue weighted by atomic mass is 14.7. The van der Waals surface area contributed by atoms with Crippen molar-refractivity contribution < 1.29 is 0 Å². The van der Waals surface area contributed by atoms with E-state index in [0.29, 0.717) is 0 Å². The molecule has 8 aromatic rings. The van der Waals surface area contributed by atoms with E-state index >= 15 is 0 Å². The predicted molar refractivity (Wildman–Crippen MR) is 165 cm³/mol. The smallest absolute Gasteiger partial charge is 0.0702 e. The first-order valence-corrected chi connectivity index (χ1v) is 13.4. The van der Waals surface area contributed by atoms with Crippen molar-refractivity contribution in [3.8, 4) is 44.8 Å². The summed E-state index contributed by atoms with van der Waals surface area (Å²) in [6.45, 7) is 0. The summed E-state index contributed by atoms with van der Waals surface area (Å²) in [4.78, 5) is 13.5.